The van der Waals surface area contributed by atoms with Gasteiger partial charge < -0.3 is 25.4 Å². The predicted octanol–water partition coefficient (Wildman–Crippen LogP) is 2.37. The van der Waals surface area contributed by atoms with Crippen LogP contribution < -0.4 is 5.32 Å². The number of hydrogen-bond acceptors (Lipinski definition) is 6. The topological polar surface area (TPSA) is 116 Å². The normalized spacial score (nSPS) is 23.9. The summed E-state index contributed by atoms with van der Waals surface area (Å²) in [5.74, 6) is -1.18. The Morgan fingerprint density at radius 2 is 1.72 bits per heavy atom. The number of cyclic esters (lactones) is 1. The Labute approximate surface area is 174 Å². The largest absolute Gasteiger partial charge is 0.455 e. The molecule has 1 saturated heterocycles. The maximum absolute atomic E-state index is 11.7. The van der Waals surface area contributed by atoms with Gasteiger partial charge in [0.15, 0.2) is 12.1 Å². The lowest BCUT2D eigenvalue weighted by molar-refractivity contribution is -0.146. The number of rotatable bonds is 15. The second-order valence-electron chi connectivity index (χ2n) is 7.98. The van der Waals surface area contributed by atoms with Crippen LogP contribution in [0.25, 0.3) is 0 Å². The molecule has 1 rings (SSSR count). The number of carbonyl (C=O) groups is 2. The van der Waals surface area contributed by atoms with Gasteiger partial charge in [0.2, 0.25) is 5.91 Å². The van der Waals surface area contributed by atoms with E-state index in [2.05, 4.69) is 12.2 Å². The highest BCUT2D eigenvalue weighted by molar-refractivity contribution is 5.85. The van der Waals surface area contributed by atoms with Crippen molar-refractivity contribution in [3.63, 3.8) is 0 Å². The van der Waals surface area contributed by atoms with Crippen LogP contribution in [0, 0.1) is 0 Å². The molecular weight excluding hydrogens is 374 g/mol. The minimum absolute atomic E-state index is 0.177. The zero-order valence-electron chi connectivity index (χ0n) is 17.9. The SMILES string of the molecule is CCCCCC[C@H](O)CCCCCC/C=C/[C@@H](O)[C@H]1OC(=O)[C@@H](NC(C)=O)[C@H]1O. The first-order chi connectivity index (χ1) is 13.9. The first-order valence-electron chi connectivity index (χ1n) is 11.0. The van der Waals surface area contributed by atoms with Crippen molar-refractivity contribution in [1.29, 1.82) is 0 Å². The highest BCUT2D eigenvalue weighted by Gasteiger charge is 2.46. The molecule has 0 radical (unpaired) electrons. The summed E-state index contributed by atoms with van der Waals surface area (Å²) in [6, 6.07) is -1.14. The smallest absolute Gasteiger partial charge is 0.332 e. The summed E-state index contributed by atoms with van der Waals surface area (Å²) in [5, 5.41) is 32.5. The van der Waals surface area contributed by atoms with Gasteiger partial charge in [-0.1, -0.05) is 64.0 Å². The van der Waals surface area contributed by atoms with Gasteiger partial charge >= 0.3 is 5.97 Å². The molecule has 0 aromatic rings. The van der Waals surface area contributed by atoms with Crippen LogP contribution in [0.5, 0.6) is 0 Å². The van der Waals surface area contributed by atoms with E-state index in [0.29, 0.717) is 0 Å². The molecule has 1 amide bonds. The Bertz CT molecular complexity index is 510. The van der Waals surface area contributed by atoms with Gasteiger partial charge in [0.25, 0.3) is 0 Å². The lowest BCUT2D eigenvalue weighted by Gasteiger charge is -2.18. The van der Waals surface area contributed by atoms with E-state index in [0.717, 1.165) is 51.4 Å². The van der Waals surface area contributed by atoms with Crippen LogP contribution in [0.3, 0.4) is 0 Å². The van der Waals surface area contributed by atoms with Crippen LogP contribution in [0.2, 0.25) is 0 Å². The molecule has 1 aliphatic heterocycles. The number of aliphatic hydroxyl groups is 3. The van der Waals surface area contributed by atoms with Crippen molar-refractivity contribution < 1.29 is 29.6 Å². The van der Waals surface area contributed by atoms with E-state index in [1.165, 1.54) is 32.3 Å². The third kappa shape index (κ3) is 10.2. The molecule has 7 heteroatoms. The Hall–Kier alpha value is -1.44. The molecule has 0 aromatic carbocycles. The van der Waals surface area contributed by atoms with Gasteiger partial charge in [-0.25, -0.2) is 4.79 Å². The van der Waals surface area contributed by atoms with Crippen molar-refractivity contribution >= 4 is 11.9 Å². The second-order valence-corrected chi connectivity index (χ2v) is 7.98. The molecule has 29 heavy (non-hydrogen) atoms. The van der Waals surface area contributed by atoms with E-state index in [1.807, 2.05) is 6.08 Å². The average molecular weight is 414 g/mol. The van der Waals surface area contributed by atoms with Crippen LogP contribution in [0.1, 0.15) is 84.5 Å². The average Bonchev–Trinajstić information content (AvgIpc) is 2.95. The number of amides is 1. The fraction of sp³-hybridized carbons (Fsp3) is 0.818. The molecule has 0 saturated carbocycles. The third-order valence-corrected chi connectivity index (χ3v) is 5.26. The zero-order chi connectivity index (χ0) is 21.6. The van der Waals surface area contributed by atoms with Gasteiger partial charge in [0.1, 0.15) is 12.2 Å². The van der Waals surface area contributed by atoms with Gasteiger partial charge in [0, 0.05) is 6.92 Å². The number of esters is 1. The molecule has 0 unspecified atom stereocenters. The number of hydrogen-bond donors (Lipinski definition) is 4. The van der Waals surface area contributed by atoms with Crippen LogP contribution in [-0.4, -0.2) is 57.7 Å². The van der Waals surface area contributed by atoms with Crippen LogP contribution in [0.15, 0.2) is 12.2 Å². The summed E-state index contributed by atoms with van der Waals surface area (Å²) < 4.78 is 4.99. The van der Waals surface area contributed by atoms with Gasteiger partial charge in [-0.15, -0.1) is 0 Å². The van der Waals surface area contributed by atoms with E-state index in [4.69, 9.17) is 4.74 Å². The van der Waals surface area contributed by atoms with Crippen molar-refractivity contribution in [2.75, 3.05) is 0 Å². The molecule has 1 heterocycles. The quantitative estimate of drug-likeness (QED) is 0.186. The van der Waals surface area contributed by atoms with E-state index < -0.39 is 36.2 Å². The van der Waals surface area contributed by atoms with Gasteiger partial charge in [-0.3, -0.25) is 4.79 Å². The highest BCUT2D eigenvalue weighted by atomic mass is 16.6. The molecule has 168 valence electrons. The lowest BCUT2D eigenvalue weighted by atomic mass is 10.0. The summed E-state index contributed by atoms with van der Waals surface area (Å²) in [7, 11) is 0. The standard InChI is InChI=1S/C22H39NO6/c1-3-4-5-10-13-17(25)14-11-8-6-7-9-12-15-18(26)21-20(27)19(22(28)29-21)23-16(2)24/h12,15,17-21,25-27H,3-11,13-14H2,1-2H3,(H,23,24)/b15-12+/t17-,18+,19-,20+,21+/m0/s1. The molecule has 7 nitrogen and oxygen atoms in total. The van der Waals surface area contributed by atoms with Crippen LogP contribution in [0.4, 0.5) is 0 Å². The molecular formula is C22H39NO6. The molecule has 4 N–H and O–H groups in total. The van der Waals surface area contributed by atoms with Gasteiger partial charge in [0.05, 0.1) is 6.10 Å². The van der Waals surface area contributed by atoms with Gasteiger partial charge in [-0.2, -0.15) is 0 Å². The first kappa shape index (κ1) is 25.6. The van der Waals surface area contributed by atoms with E-state index in [1.54, 1.807) is 0 Å². The van der Waals surface area contributed by atoms with Crippen molar-refractivity contribution in [2.45, 2.75) is 115 Å². The lowest BCUT2D eigenvalue weighted by Crippen LogP contribution is -2.47. The summed E-state index contributed by atoms with van der Waals surface area (Å²) >= 11 is 0. The minimum Gasteiger partial charge on any atom is -0.455 e. The molecule has 0 aromatic heterocycles. The molecule has 1 aliphatic rings. The Balaban J connectivity index is 2.12. The summed E-state index contributed by atoms with van der Waals surface area (Å²) in [6.45, 7) is 3.43. The monoisotopic (exact) mass is 413 g/mol. The van der Waals surface area contributed by atoms with Crippen LogP contribution in [-0.2, 0) is 14.3 Å². The molecule has 1 fully saturated rings. The number of nitrogens with one attached hydrogen (secondary N) is 1. The summed E-state index contributed by atoms with van der Waals surface area (Å²) in [4.78, 5) is 22.8. The summed E-state index contributed by atoms with van der Waals surface area (Å²) in [5.41, 5.74) is 0. The maximum atomic E-state index is 11.7. The third-order valence-electron chi connectivity index (χ3n) is 5.26. The fourth-order valence-electron chi connectivity index (χ4n) is 3.53. The van der Waals surface area contributed by atoms with E-state index in [9.17, 15) is 24.9 Å². The van der Waals surface area contributed by atoms with Crippen LogP contribution >= 0.6 is 0 Å². The molecule has 0 aliphatic carbocycles. The minimum atomic E-state index is -1.28. The zero-order valence-corrected chi connectivity index (χ0v) is 17.9. The maximum Gasteiger partial charge on any atom is 0.332 e. The predicted molar refractivity (Wildman–Crippen MR) is 111 cm³/mol. The number of ether oxygens (including phenoxy) is 1. The Morgan fingerprint density at radius 1 is 1.10 bits per heavy atom. The Morgan fingerprint density at radius 3 is 2.34 bits per heavy atom. The van der Waals surface area contributed by atoms with Crippen molar-refractivity contribution in [3.05, 3.63) is 12.2 Å². The summed E-state index contributed by atoms with van der Waals surface area (Å²) in [6.07, 6.45) is 11.1. The van der Waals surface area contributed by atoms with Crippen molar-refractivity contribution in [3.8, 4) is 0 Å². The fourth-order valence-corrected chi connectivity index (χ4v) is 3.53. The molecule has 0 spiro atoms. The van der Waals surface area contributed by atoms with Crippen molar-refractivity contribution in [1.82, 2.24) is 5.32 Å². The molecule has 0 bridgehead atoms. The number of carbonyl (C=O) groups excluding carboxylic acids is 2. The Kier molecular flexibility index (Phi) is 12.8. The van der Waals surface area contributed by atoms with E-state index >= 15 is 0 Å². The highest BCUT2D eigenvalue weighted by Crippen LogP contribution is 2.20. The first-order valence-corrected chi connectivity index (χ1v) is 11.0. The number of aliphatic hydroxyl groups excluding tert-OH is 3. The molecule has 5 atom stereocenters. The second kappa shape index (κ2) is 14.5. The van der Waals surface area contributed by atoms with E-state index in [-0.39, 0.29) is 6.10 Å². The number of allylic oxidation sites excluding steroid dienone is 1. The van der Waals surface area contributed by atoms with Gasteiger partial charge in [-0.05, 0) is 25.7 Å². The van der Waals surface area contributed by atoms with Crippen molar-refractivity contribution in [2.24, 2.45) is 0 Å². The number of unbranched alkanes of at least 4 members (excludes halogenated alkanes) is 7.